The number of aromatic nitrogens is 3. The van der Waals surface area contributed by atoms with E-state index in [2.05, 4.69) is 15.4 Å². The molecule has 0 aromatic carbocycles. The molecule has 0 bridgehead atoms. The van der Waals surface area contributed by atoms with Crippen LogP contribution in [0, 0.1) is 0 Å². The Hall–Kier alpha value is -2.52. The molecule has 1 unspecified atom stereocenters. The molecule has 0 saturated heterocycles. The van der Waals surface area contributed by atoms with Crippen LogP contribution in [0.2, 0.25) is 0 Å². The van der Waals surface area contributed by atoms with Gasteiger partial charge in [-0.25, -0.2) is 13.9 Å². The van der Waals surface area contributed by atoms with Crippen LogP contribution < -0.4 is 16.0 Å². The zero-order chi connectivity index (χ0) is 20.8. The summed E-state index contributed by atoms with van der Waals surface area (Å²) in [7, 11) is 3.81. The molecule has 9 heteroatoms. The molecule has 3 aromatic heterocycles. The number of carbonyl (C=O) groups is 1. The minimum absolute atomic E-state index is 0.285. The summed E-state index contributed by atoms with van der Waals surface area (Å²) in [5.74, 6) is -0.396. The molecule has 0 radical (unpaired) electrons. The Morgan fingerprint density at radius 3 is 2.97 bits per heavy atom. The van der Waals surface area contributed by atoms with Gasteiger partial charge >= 0.3 is 0 Å². The molecule has 7 nitrogen and oxygen atoms in total. The lowest BCUT2D eigenvalue weighted by molar-refractivity contribution is 0.0579. The molecule has 0 spiro atoms. The second-order valence-electron chi connectivity index (χ2n) is 7.94. The molecule has 4 rings (SSSR count). The molecule has 1 saturated carbocycles. The summed E-state index contributed by atoms with van der Waals surface area (Å²) in [6.07, 6.45) is 5.41. The van der Waals surface area contributed by atoms with Gasteiger partial charge in [0.05, 0.1) is 17.8 Å². The number of hydrogen-bond acceptors (Lipinski definition) is 6. The summed E-state index contributed by atoms with van der Waals surface area (Å²) < 4.78 is 16.7. The Morgan fingerprint density at radius 1 is 1.45 bits per heavy atom. The third kappa shape index (κ3) is 3.60. The molecule has 1 aliphatic carbocycles. The quantitative estimate of drug-likeness (QED) is 0.683. The van der Waals surface area contributed by atoms with Gasteiger partial charge in [-0.1, -0.05) is 17.4 Å². The highest BCUT2D eigenvalue weighted by molar-refractivity contribution is 7.18. The summed E-state index contributed by atoms with van der Waals surface area (Å²) in [6.45, 7) is 1.51. The first kappa shape index (κ1) is 19.8. The van der Waals surface area contributed by atoms with Crippen LogP contribution >= 0.6 is 11.3 Å². The van der Waals surface area contributed by atoms with Crippen molar-refractivity contribution in [3.63, 3.8) is 0 Å². The van der Waals surface area contributed by atoms with Crippen molar-refractivity contribution in [2.45, 2.75) is 43.9 Å². The molecule has 154 valence electrons. The fourth-order valence-corrected chi connectivity index (χ4v) is 4.82. The molecule has 1 fully saturated rings. The predicted molar refractivity (Wildman–Crippen MR) is 113 cm³/mol. The number of hydrogen-bond donors (Lipinski definition) is 2. The molecule has 3 heterocycles. The van der Waals surface area contributed by atoms with Crippen LogP contribution in [-0.4, -0.2) is 52.4 Å². The SMILES string of the molecule is CN(C)c1sc(C(=O)N[C@@H]2[C@@H](N)CCCC2(C)F)nc1-c1cnn2ccccc12. The maximum atomic E-state index is 14.9. The third-order valence-corrected chi connectivity index (χ3v) is 6.68. The predicted octanol–water partition coefficient (Wildman–Crippen LogP) is 2.86. The molecule has 1 amide bonds. The molecule has 29 heavy (non-hydrogen) atoms. The second-order valence-corrected chi connectivity index (χ2v) is 8.92. The highest BCUT2D eigenvalue weighted by Gasteiger charge is 2.42. The van der Waals surface area contributed by atoms with Crippen molar-refractivity contribution >= 4 is 27.8 Å². The number of nitrogens with one attached hydrogen (secondary N) is 1. The van der Waals surface area contributed by atoms with Gasteiger partial charge in [0.15, 0.2) is 5.01 Å². The molecule has 0 aliphatic heterocycles. The molecule has 1 aliphatic rings. The minimum atomic E-state index is -1.53. The van der Waals surface area contributed by atoms with Crippen molar-refractivity contribution in [3.8, 4) is 11.3 Å². The minimum Gasteiger partial charge on any atom is -0.368 e. The fraction of sp³-hybridized carbons (Fsp3) is 0.450. The normalized spacial score (nSPS) is 24.6. The Kier molecular flexibility index (Phi) is 5.04. The fourth-order valence-electron chi connectivity index (χ4n) is 3.92. The van der Waals surface area contributed by atoms with Gasteiger partial charge in [-0.2, -0.15) is 5.10 Å². The lowest BCUT2D eigenvalue weighted by Gasteiger charge is -2.39. The number of pyridine rings is 1. The van der Waals surface area contributed by atoms with Crippen LogP contribution in [0.4, 0.5) is 9.39 Å². The number of rotatable bonds is 4. The van der Waals surface area contributed by atoms with Crippen molar-refractivity contribution in [2.24, 2.45) is 5.73 Å². The lowest BCUT2D eigenvalue weighted by atomic mass is 9.80. The van der Waals surface area contributed by atoms with Crippen LogP contribution in [0.5, 0.6) is 0 Å². The van der Waals surface area contributed by atoms with Gasteiger partial charge < -0.3 is 16.0 Å². The van der Waals surface area contributed by atoms with Gasteiger partial charge in [0.1, 0.15) is 16.4 Å². The van der Waals surface area contributed by atoms with E-state index >= 15 is 0 Å². The number of amides is 1. The summed E-state index contributed by atoms with van der Waals surface area (Å²) in [6, 6.07) is 4.66. The maximum absolute atomic E-state index is 14.9. The Balaban J connectivity index is 1.69. The maximum Gasteiger partial charge on any atom is 0.280 e. The van der Waals surface area contributed by atoms with Crippen LogP contribution in [-0.2, 0) is 0 Å². The smallest absolute Gasteiger partial charge is 0.280 e. The number of thiazole rings is 1. The first-order chi connectivity index (χ1) is 13.8. The number of anilines is 1. The monoisotopic (exact) mass is 416 g/mol. The standard InChI is InChI=1S/C20H25FN6OS/c1-20(21)9-6-7-13(22)16(20)25-17(28)18-24-15(19(29-18)26(2)3)12-11-23-27-10-5-4-8-14(12)27/h4-5,8,10-11,13,16H,6-7,9,22H2,1-3H3,(H,25,28)/t13-,16+,20?/m0/s1. The summed E-state index contributed by atoms with van der Waals surface area (Å²) in [5, 5.41) is 8.30. The first-order valence-corrected chi connectivity index (χ1v) is 10.5. The average molecular weight is 417 g/mol. The summed E-state index contributed by atoms with van der Waals surface area (Å²) in [4.78, 5) is 19.5. The van der Waals surface area contributed by atoms with Crippen LogP contribution in [0.1, 0.15) is 36.0 Å². The van der Waals surface area contributed by atoms with Crippen molar-refractivity contribution < 1.29 is 9.18 Å². The van der Waals surface area contributed by atoms with Gasteiger partial charge in [-0.15, -0.1) is 0 Å². The van der Waals surface area contributed by atoms with Crippen molar-refractivity contribution in [3.05, 3.63) is 35.6 Å². The van der Waals surface area contributed by atoms with Crippen molar-refractivity contribution in [1.82, 2.24) is 19.9 Å². The van der Waals surface area contributed by atoms with Gasteiger partial charge in [-0.3, -0.25) is 4.79 Å². The average Bonchev–Trinajstić information content (AvgIpc) is 3.28. The number of carbonyl (C=O) groups excluding carboxylic acids is 1. The first-order valence-electron chi connectivity index (χ1n) is 9.64. The number of alkyl halides is 1. The van der Waals surface area contributed by atoms with E-state index in [0.29, 0.717) is 18.5 Å². The Bertz CT molecular complexity index is 1040. The van der Waals surface area contributed by atoms with Gasteiger partial charge in [0.25, 0.3) is 5.91 Å². The molecule has 3 aromatic rings. The largest absolute Gasteiger partial charge is 0.368 e. The van der Waals surface area contributed by atoms with E-state index in [9.17, 15) is 9.18 Å². The van der Waals surface area contributed by atoms with Crippen molar-refractivity contribution in [2.75, 3.05) is 19.0 Å². The van der Waals surface area contributed by atoms with Crippen LogP contribution in [0.15, 0.2) is 30.6 Å². The number of nitrogens with two attached hydrogens (primary N) is 1. The third-order valence-electron chi connectivity index (χ3n) is 5.46. The Morgan fingerprint density at radius 2 is 2.24 bits per heavy atom. The van der Waals surface area contributed by atoms with E-state index in [4.69, 9.17) is 5.73 Å². The zero-order valence-electron chi connectivity index (χ0n) is 16.7. The van der Waals surface area contributed by atoms with E-state index in [0.717, 1.165) is 22.5 Å². The molecule has 3 atom stereocenters. The zero-order valence-corrected chi connectivity index (χ0v) is 17.5. The summed E-state index contributed by atoms with van der Waals surface area (Å²) >= 11 is 1.27. The second kappa shape index (κ2) is 7.38. The van der Waals surface area contributed by atoms with E-state index in [1.54, 1.807) is 10.7 Å². The number of nitrogens with zero attached hydrogens (tertiary/aromatic N) is 4. The van der Waals surface area contributed by atoms with E-state index in [1.165, 1.54) is 18.3 Å². The van der Waals surface area contributed by atoms with Gasteiger partial charge in [0, 0.05) is 31.9 Å². The van der Waals surface area contributed by atoms with Crippen LogP contribution in [0.3, 0.4) is 0 Å². The van der Waals surface area contributed by atoms with E-state index in [-0.39, 0.29) is 5.01 Å². The highest BCUT2D eigenvalue weighted by atomic mass is 32.1. The highest BCUT2D eigenvalue weighted by Crippen LogP contribution is 2.37. The Labute approximate surface area is 172 Å². The van der Waals surface area contributed by atoms with E-state index < -0.39 is 23.7 Å². The van der Waals surface area contributed by atoms with Gasteiger partial charge in [-0.05, 0) is 38.3 Å². The molecular formula is C20H25FN6OS. The molecular weight excluding hydrogens is 391 g/mol. The van der Waals surface area contributed by atoms with Crippen molar-refractivity contribution in [1.29, 1.82) is 0 Å². The topological polar surface area (TPSA) is 88.5 Å². The van der Waals surface area contributed by atoms with Crippen LogP contribution in [0.25, 0.3) is 16.8 Å². The van der Waals surface area contributed by atoms with Gasteiger partial charge in [0.2, 0.25) is 0 Å². The number of halogens is 1. The molecule has 3 N–H and O–H groups in total. The lowest BCUT2D eigenvalue weighted by Crippen LogP contribution is -2.60. The summed E-state index contributed by atoms with van der Waals surface area (Å²) in [5.41, 5.74) is 7.01. The van der Waals surface area contributed by atoms with E-state index in [1.807, 2.05) is 43.4 Å². The number of fused-ring (bicyclic) bond motifs is 1.